The third-order valence-electron chi connectivity index (χ3n) is 25.0. The number of carbonyl (C=O) groups is 12. The van der Waals surface area contributed by atoms with Crippen LogP contribution in [0.4, 0.5) is 22.0 Å². The number of halogens is 5. The number of methoxy groups -OCH3 is 1. The van der Waals surface area contributed by atoms with Crippen molar-refractivity contribution in [3.05, 3.63) is 12.2 Å². The average molecular weight is 1560 g/mol. The lowest BCUT2D eigenvalue weighted by Crippen LogP contribution is -2.71. The fourth-order valence-corrected chi connectivity index (χ4v) is 18.6. The Bertz CT molecular complexity index is 3290. The topological polar surface area (TPSA) is 289 Å². The number of amides is 12. The number of hydrogen-bond acceptors (Lipinski definition) is 14. The first-order chi connectivity index (χ1) is 51.7. The highest BCUT2D eigenvalue weighted by Gasteiger charge is 2.60. The normalized spacial score (nSPS) is 32.8. The van der Waals surface area contributed by atoms with Gasteiger partial charge in [-0.3, -0.25) is 57.5 Å². The van der Waals surface area contributed by atoms with Gasteiger partial charge in [0.15, 0.2) is 0 Å². The highest BCUT2D eigenvalue weighted by atomic mass is 19.4. The summed E-state index contributed by atoms with van der Waals surface area (Å²) in [5.41, 5.74) is -2.30. The van der Waals surface area contributed by atoms with Gasteiger partial charge in [0, 0.05) is 82.0 Å². The Balaban J connectivity index is 1.22. The molecule has 3 N–H and O–H groups in total. The number of likely N-dealkylation sites (tertiary alicyclic amines) is 1. The van der Waals surface area contributed by atoms with Crippen LogP contribution in [0.3, 0.4) is 0 Å². The third kappa shape index (κ3) is 21.4. The van der Waals surface area contributed by atoms with Gasteiger partial charge in [-0.05, 0) is 139 Å². The zero-order valence-electron chi connectivity index (χ0n) is 67.4. The van der Waals surface area contributed by atoms with Crippen molar-refractivity contribution in [2.45, 2.75) is 281 Å². The summed E-state index contributed by atoms with van der Waals surface area (Å²) in [5, 5.41) is 8.64. The van der Waals surface area contributed by atoms with E-state index >= 15 is 47.1 Å². The molecule has 26 nitrogen and oxygen atoms in total. The van der Waals surface area contributed by atoms with Crippen molar-refractivity contribution < 1.29 is 89.0 Å². The Hall–Kier alpha value is -7.05. The maximum Gasteiger partial charge on any atom is 0.397 e. The van der Waals surface area contributed by atoms with Crippen LogP contribution in [-0.2, 0) is 67.0 Å². The van der Waals surface area contributed by atoms with Gasteiger partial charge in [0.25, 0.3) is 0 Å². The molecule has 620 valence electrons. The molecule has 8 aliphatic rings. The van der Waals surface area contributed by atoms with Crippen molar-refractivity contribution in [2.24, 2.45) is 40.9 Å². The van der Waals surface area contributed by atoms with Crippen LogP contribution in [-0.4, -0.2) is 295 Å². The third-order valence-corrected chi connectivity index (χ3v) is 25.0. The molecule has 0 radical (unpaired) electrons. The fourth-order valence-electron chi connectivity index (χ4n) is 18.6. The summed E-state index contributed by atoms with van der Waals surface area (Å²) in [7, 11) is 9.70. The van der Waals surface area contributed by atoms with Gasteiger partial charge < -0.3 is 69.5 Å². The molecule has 110 heavy (non-hydrogen) atoms. The summed E-state index contributed by atoms with van der Waals surface area (Å²) in [6, 6.07) is -10.9. The molecule has 3 saturated heterocycles. The quantitative estimate of drug-likeness (QED) is 0.134. The SMILES string of the molecule is CC[C@H](C)[C@@H]1NC(=O)[C@H](COC)N(C)C(=O)C[C@@H](C(=O)N2CCCCC2)N(C)C(=O)[C@H](C2CCCC2)N(C)C(=O)C2(CC(C)(C)C2)NC(=O)[C@@H]2C[C@@H](OC(C)C)CN2C(=O)[C@H](CCC2CC(F)C(C(F)(F)F)C(F)C2)NC(=O)CN(C)C(=O)[C@H](CC2CCC(C)CC2)N2CC/C=C\C[C@@H](C2=O)N(C)C(=O)CN(C)C1=O. The largest absolute Gasteiger partial charge is 0.397 e. The van der Waals surface area contributed by atoms with Crippen LogP contribution in [0, 0.1) is 40.9 Å². The maximum atomic E-state index is 15.9. The molecule has 4 heterocycles. The minimum Gasteiger partial charge on any atom is -0.382 e. The van der Waals surface area contributed by atoms with E-state index in [0.717, 1.165) is 46.8 Å². The van der Waals surface area contributed by atoms with Gasteiger partial charge in [0.2, 0.25) is 70.9 Å². The number of hydrogen-bond donors (Lipinski definition) is 3. The van der Waals surface area contributed by atoms with Crippen LogP contribution in [0.25, 0.3) is 0 Å². The van der Waals surface area contributed by atoms with Gasteiger partial charge in [-0.1, -0.05) is 91.7 Å². The fraction of sp³-hybridized carbons (Fsp3) is 0.823. The number of piperidine rings is 1. The molecular weight excluding hydrogens is 1440 g/mol. The monoisotopic (exact) mass is 1560 g/mol. The summed E-state index contributed by atoms with van der Waals surface area (Å²) in [6.45, 7) is 11.7. The van der Waals surface area contributed by atoms with Crippen LogP contribution >= 0.6 is 0 Å². The molecular formula is C79H125F5N12O14. The molecule has 4 saturated carbocycles. The molecule has 2 unspecified atom stereocenters. The Morgan fingerprint density at radius 2 is 1.27 bits per heavy atom. The molecule has 2 bridgehead atoms. The molecule has 1 spiro atoms. The Kier molecular flexibility index (Phi) is 30.7. The predicted molar refractivity (Wildman–Crippen MR) is 399 cm³/mol. The first kappa shape index (κ1) is 88.5. The molecule has 8 rings (SSSR count). The molecule has 4 aliphatic heterocycles. The van der Waals surface area contributed by atoms with Gasteiger partial charge in [-0.2, -0.15) is 13.2 Å². The standard InChI is InChI=1S/C79H125F5N12O14/c1-15-49(5)66-74(106)89(9)43-64(99)90(10)57-26-18-16-23-35-95(73(57)105)60(38-50-29-27-48(4)28-30-50)71(103)88(8)42-62(97)85-56(32-31-51-36-54(80)65(55(81)37-51)79(82,83)84)70(102)96-41-53(110-47(2)3)39-58(96)69(101)87-78(45-77(6,7)46-78)76(108)93(13)67(52-24-19-20-25-52)75(107)92(12)59(72(104)94-33-21-17-22-34-94)40-63(98)91(11)61(44-109-14)68(100)86-66/h16,18,47-61,65-67H,15,17,19-46H2,1-14H3,(H,85,97)(H,86,100)(H,87,101)/b18-16-/t48?,49-,50?,51?,53+,54?,55?,56-,57-,58-,59-,60-,61-,65?,66-,67-/m0/s1. The minimum atomic E-state index is -5.18. The summed E-state index contributed by atoms with van der Waals surface area (Å²) in [4.78, 5) is 195. The number of alkyl halides is 5. The van der Waals surface area contributed by atoms with Crippen LogP contribution < -0.4 is 16.0 Å². The number of nitrogens with one attached hydrogen (secondary N) is 3. The van der Waals surface area contributed by atoms with Gasteiger partial charge in [-0.15, -0.1) is 0 Å². The highest BCUT2D eigenvalue weighted by Crippen LogP contribution is 2.50. The van der Waals surface area contributed by atoms with E-state index in [1.165, 1.54) is 73.9 Å². The summed E-state index contributed by atoms with van der Waals surface area (Å²) in [6.07, 6.45) is -2.41. The Morgan fingerprint density at radius 1 is 0.645 bits per heavy atom. The molecule has 0 aromatic rings. The van der Waals surface area contributed by atoms with Crippen LogP contribution in [0.1, 0.15) is 196 Å². The molecule has 7 fully saturated rings. The van der Waals surface area contributed by atoms with E-state index in [4.69, 9.17) is 9.47 Å². The lowest BCUT2D eigenvalue weighted by molar-refractivity contribution is -0.219. The van der Waals surface area contributed by atoms with Gasteiger partial charge >= 0.3 is 6.18 Å². The molecule has 12 atom stereocenters. The molecule has 0 aromatic carbocycles. The molecule has 4 aliphatic carbocycles. The summed E-state index contributed by atoms with van der Waals surface area (Å²) in [5.74, 6) is -13.2. The first-order valence-corrected chi connectivity index (χ1v) is 40.2. The second kappa shape index (κ2) is 38.2. The first-order valence-electron chi connectivity index (χ1n) is 40.2. The maximum absolute atomic E-state index is 15.9. The van der Waals surface area contributed by atoms with Crippen molar-refractivity contribution in [1.29, 1.82) is 0 Å². The van der Waals surface area contributed by atoms with E-state index in [9.17, 15) is 32.3 Å². The second-order valence-corrected chi connectivity index (χ2v) is 34.4. The number of ether oxygens (including phenoxy) is 2. The smallest absolute Gasteiger partial charge is 0.382 e. The van der Waals surface area contributed by atoms with Crippen LogP contribution in [0.2, 0.25) is 0 Å². The van der Waals surface area contributed by atoms with Crippen molar-refractivity contribution in [3.63, 3.8) is 0 Å². The summed E-state index contributed by atoms with van der Waals surface area (Å²) < 4.78 is 85.1. The van der Waals surface area contributed by atoms with Crippen molar-refractivity contribution in [1.82, 2.24) is 60.0 Å². The van der Waals surface area contributed by atoms with Gasteiger partial charge in [-0.25, -0.2) is 8.78 Å². The predicted octanol–water partition coefficient (Wildman–Crippen LogP) is 6.36. The van der Waals surface area contributed by atoms with E-state index < -0.39 is 223 Å². The van der Waals surface area contributed by atoms with E-state index in [1.807, 2.05) is 19.9 Å². The average Bonchev–Trinajstić information content (AvgIpc) is 0.969. The van der Waals surface area contributed by atoms with Crippen LogP contribution in [0.5, 0.6) is 0 Å². The second-order valence-electron chi connectivity index (χ2n) is 34.4. The van der Waals surface area contributed by atoms with Crippen molar-refractivity contribution in [2.75, 3.05) is 95.3 Å². The lowest BCUT2D eigenvalue weighted by atomic mass is 9.58. The van der Waals surface area contributed by atoms with E-state index in [1.54, 1.807) is 38.7 Å². The number of likely N-dealkylation sites (N-methyl/N-ethyl adjacent to an activating group) is 6. The lowest BCUT2D eigenvalue weighted by Gasteiger charge is -2.54. The van der Waals surface area contributed by atoms with Crippen molar-refractivity contribution in [3.8, 4) is 0 Å². The number of nitrogens with zero attached hydrogens (tertiary/aromatic N) is 9. The van der Waals surface area contributed by atoms with E-state index in [-0.39, 0.29) is 64.1 Å². The number of carbonyl (C=O) groups excluding carboxylic acids is 12. The zero-order chi connectivity index (χ0) is 81.2. The molecule has 0 aromatic heterocycles. The summed E-state index contributed by atoms with van der Waals surface area (Å²) >= 11 is 0. The Labute approximate surface area is 646 Å². The van der Waals surface area contributed by atoms with Gasteiger partial charge in [0.1, 0.15) is 72.1 Å². The highest BCUT2D eigenvalue weighted by molar-refractivity contribution is 6.01. The molecule has 31 heteroatoms. The van der Waals surface area contributed by atoms with Crippen LogP contribution in [0.15, 0.2) is 12.2 Å². The minimum absolute atomic E-state index is 0.00427. The zero-order valence-corrected chi connectivity index (χ0v) is 67.4. The van der Waals surface area contributed by atoms with E-state index in [0.29, 0.717) is 70.4 Å². The number of rotatable bonds is 13. The van der Waals surface area contributed by atoms with Gasteiger partial charge in [0.05, 0.1) is 38.3 Å². The number of fused-ring (bicyclic) bond motifs is 3. The molecule has 12 amide bonds. The van der Waals surface area contributed by atoms with E-state index in [2.05, 4.69) is 22.9 Å². The Morgan fingerprint density at radius 3 is 1.86 bits per heavy atom. The van der Waals surface area contributed by atoms with Crippen molar-refractivity contribution >= 4 is 70.9 Å².